The molecule has 0 bridgehead atoms. The summed E-state index contributed by atoms with van der Waals surface area (Å²) in [6, 6.07) is 6.50. The van der Waals surface area contributed by atoms with Crippen LogP contribution in [0.1, 0.15) is 27.2 Å². The lowest BCUT2D eigenvalue weighted by molar-refractivity contribution is 0.0951. The molecule has 1 heterocycles. The van der Waals surface area contributed by atoms with Gasteiger partial charge in [-0.15, -0.1) is 0 Å². The van der Waals surface area contributed by atoms with Crippen LogP contribution in [-0.2, 0) is 6.54 Å². The van der Waals surface area contributed by atoms with Crippen molar-refractivity contribution < 1.29 is 4.79 Å². The highest BCUT2D eigenvalue weighted by Gasteiger charge is 2.12. The lowest BCUT2D eigenvalue weighted by Crippen LogP contribution is -2.28. The summed E-state index contributed by atoms with van der Waals surface area (Å²) in [5, 5.41) is 3.42. The largest absolute Gasteiger partial charge is 0.348 e. The third-order valence-corrected chi connectivity index (χ3v) is 3.64. The van der Waals surface area contributed by atoms with Crippen molar-refractivity contribution in [1.29, 1.82) is 0 Å². The quantitative estimate of drug-likeness (QED) is 0.910. The molecule has 21 heavy (non-hydrogen) atoms. The fourth-order valence-corrected chi connectivity index (χ4v) is 2.53. The van der Waals surface area contributed by atoms with Gasteiger partial charge in [0.1, 0.15) is 0 Å². The summed E-state index contributed by atoms with van der Waals surface area (Å²) in [4.78, 5) is 26.7. The van der Waals surface area contributed by atoms with Gasteiger partial charge in [0.25, 0.3) is 11.5 Å². The molecule has 2 rings (SSSR count). The van der Waals surface area contributed by atoms with Crippen LogP contribution >= 0.6 is 23.2 Å². The van der Waals surface area contributed by atoms with E-state index < -0.39 is 0 Å². The van der Waals surface area contributed by atoms with Gasteiger partial charge in [-0.2, -0.15) is 0 Å². The molecule has 0 radical (unpaired) electrons. The van der Waals surface area contributed by atoms with Gasteiger partial charge < -0.3 is 10.3 Å². The molecule has 110 valence electrons. The average Bonchev–Trinajstić information content (AvgIpc) is 2.36. The van der Waals surface area contributed by atoms with E-state index in [4.69, 9.17) is 23.2 Å². The molecule has 0 saturated heterocycles. The summed E-state index contributed by atoms with van der Waals surface area (Å²) >= 11 is 11.8. The van der Waals surface area contributed by atoms with Crippen molar-refractivity contribution in [2.75, 3.05) is 0 Å². The molecule has 2 N–H and O–H groups in total. The molecule has 4 nitrogen and oxygen atoms in total. The number of aromatic amines is 1. The lowest BCUT2D eigenvalue weighted by Gasteiger charge is -2.09. The van der Waals surface area contributed by atoms with Crippen molar-refractivity contribution in [2.45, 2.75) is 20.4 Å². The Labute approximate surface area is 132 Å². The lowest BCUT2D eigenvalue weighted by atomic mass is 10.1. The Balaban J connectivity index is 2.17. The van der Waals surface area contributed by atoms with Crippen LogP contribution in [0.3, 0.4) is 0 Å². The van der Waals surface area contributed by atoms with E-state index in [2.05, 4.69) is 10.3 Å². The number of carbonyl (C=O) groups excluding carboxylic acids is 1. The van der Waals surface area contributed by atoms with Crippen LogP contribution in [0.2, 0.25) is 10.0 Å². The number of rotatable bonds is 3. The Bertz CT molecular complexity index is 754. The third kappa shape index (κ3) is 3.65. The summed E-state index contributed by atoms with van der Waals surface area (Å²) in [6.45, 7) is 3.78. The van der Waals surface area contributed by atoms with Crippen molar-refractivity contribution in [2.24, 2.45) is 0 Å². The van der Waals surface area contributed by atoms with Gasteiger partial charge in [0.15, 0.2) is 0 Å². The molecule has 0 aliphatic carbocycles. The first kappa shape index (κ1) is 15.6. The predicted molar refractivity (Wildman–Crippen MR) is 84.2 cm³/mol. The smallest absolute Gasteiger partial charge is 0.253 e. The summed E-state index contributed by atoms with van der Waals surface area (Å²) < 4.78 is 0. The summed E-state index contributed by atoms with van der Waals surface area (Å²) in [7, 11) is 0. The van der Waals surface area contributed by atoms with Crippen LogP contribution in [0.15, 0.2) is 29.1 Å². The monoisotopic (exact) mass is 324 g/mol. The second-order valence-electron chi connectivity index (χ2n) is 4.75. The number of nitrogens with one attached hydrogen (secondary N) is 2. The first-order valence-electron chi connectivity index (χ1n) is 6.31. The highest BCUT2D eigenvalue weighted by Crippen LogP contribution is 2.20. The van der Waals surface area contributed by atoms with E-state index in [9.17, 15) is 9.59 Å². The molecule has 6 heteroatoms. The molecule has 0 unspecified atom stereocenters. The SMILES string of the molecule is Cc1cc(C)c(CNC(=O)c2ccc(Cl)cc2Cl)c(=O)[nH]1. The van der Waals surface area contributed by atoms with Gasteiger partial charge >= 0.3 is 0 Å². The maximum absolute atomic E-state index is 12.1. The van der Waals surface area contributed by atoms with Crippen molar-refractivity contribution in [3.63, 3.8) is 0 Å². The van der Waals surface area contributed by atoms with Gasteiger partial charge in [0.05, 0.1) is 10.6 Å². The van der Waals surface area contributed by atoms with Gasteiger partial charge in [-0.25, -0.2) is 0 Å². The molecule has 1 aromatic carbocycles. The van der Waals surface area contributed by atoms with Gasteiger partial charge in [-0.1, -0.05) is 23.2 Å². The minimum Gasteiger partial charge on any atom is -0.348 e. The average molecular weight is 325 g/mol. The zero-order valence-electron chi connectivity index (χ0n) is 11.6. The second-order valence-corrected chi connectivity index (χ2v) is 5.59. The van der Waals surface area contributed by atoms with E-state index in [-0.39, 0.29) is 23.0 Å². The molecule has 0 spiro atoms. The van der Waals surface area contributed by atoms with Gasteiger partial charge in [-0.3, -0.25) is 9.59 Å². The predicted octanol–water partition coefficient (Wildman–Crippen LogP) is 3.23. The van der Waals surface area contributed by atoms with Crippen LogP contribution in [0.4, 0.5) is 0 Å². The Kier molecular flexibility index (Phi) is 4.70. The van der Waals surface area contributed by atoms with E-state index in [0.717, 1.165) is 11.3 Å². The summed E-state index contributed by atoms with van der Waals surface area (Å²) in [5.74, 6) is -0.351. The normalized spacial score (nSPS) is 10.5. The number of halogens is 2. The minimum atomic E-state index is -0.351. The Morgan fingerprint density at radius 1 is 1.24 bits per heavy atom. The number of benzene rings is 1. The Morgan fingerprint density at radius 2 is 1.95 bits per heavy atom. The maximum Gasteiger partial charge on any atom is 0.253 e. The van der Waals surface area contributed by atoms with E-state index in [1.807, 2.05) is 19.9 Å². The van der Waals surface area contributed by atoms with Gasteiger partial charge in [0, 0.05) is 22.8 Å². The zero-order chi connectivity index (χ0) is 15.6. The highest BCUT2D eigenvalue weighted by molar-refractivity contribution is 6.36. The van der Waals surface area contributed by atoms with E-state index in [1.54, 1.807) is 12.1 Å². The topological polar surface area (TPSA) is 62.0 Å². The number of hydrogen-bond acceptors (Lipinski definition) is 2. The molecule has 0 atom stereocenters. The molecule has 1 amide bonds. The summed E-state index contributed by atoms with van der Waals surface area (Å²) in [5.41, 5.74) is 2.27. The molecular formula is C15H14Cl2N2O2. The highest BCUT2D eigenvalue weighted by atomic mass is 35.5. The Morgan fingerprint density at radius 3 is 2.57 bits per heavy atom. The van der Waals surface area contributed by atoms with E-state index in [1.165, 1.54) is 6.07 Å². The number of H-pyrrole nitrogens is 1. The third-order valence-electron chi connectivity index (χ3n) is 3.10. The van der Waals surface area contributed by atoms with Crippen LogP contribution < -0.4 is 10.9 Å². The molecule has 1 aromatic heterocycles. The molecule has 0 aliphatic heterocycles. The van der Waals surface area contributed by atoms with E-state index >= 15 is 0 Å². The van der Waals surface area contributed by atoms with Crippen molar-refractivity contribution in [3.8, 4) is 0 Å². The number of amides is 1. The summed E-state index contributed by atoms with van der Waals surface area (Å²) in [6.07, 6.45) is 0. The molecule has 0 saturated carbocycles. The van der Waals surface area contributed by atoms with E-state index in [0.29, 0.717) is 16.1 Å². The fraction of sp³-hybridized carbons (Fsp3) is 0.200. The number of pyridine rings is 1. The van der Waals surface area contributed by atoms with Gasteiger partial charge in [0.2, 0.25) is 0 Å². The van der Waals surface area contributed by atoms with Crippen LogP contribution in [-0.4, -0.2) is 10.9 Å². The second kappa shape index (κ2) is 6.33. The fourth-order valence-electron chi connectivity index (χ4n) is 2.04. The molecule has 0 fully saturated rings. The van der Waals surface area contributed by atoms with Crippen molar-refractivity contribution >= 4 is 29.1 Å². The first-order chi connectivity index (χ1) is 9.88. The van der Waals surface area contributed by atoms with Crippen LogP contribution in [0, 0.1) is 13.8 Å². The first-order valence-corrected chi connectivity index (χ1v) is 7.06. The minimum absolute atomic E-state index is 0.138. The zero-order valence-corrected chi connectivity index (χ0v) is 13.1. The van der Waals surface area contributed by atoms with Crippen LogP contribution in [0.25, 0.3) is 0 Å². The maximum atomic E-state index is 12.1. The van der Waals surface area contributed by atoms with Crippen molar-refractivity contribution in [3.05, 3.63) is 67.0 Å². The molecule has 2 aromatic rings. The molecular weight excluding hydrogens is 311 g/mol. The molecule has 0 aliphatic rings. The number of aryl methyl sites for hydroxylation is 2. The van der Waals surface area contributed by atoms with Gasteiger partial charge in [-0.05, 0) is 43.7 Å². The van der Waals surface area contributed by atoms with Crippen LogP contribution in [0.5, 0.6) is 0 Å². The standard InChI is InChI=1S/C15H14Cl2N2O2/c1-8-5-9(2)19-15(21)12(8)7-18-14(20)11-4-3-10(16)6-13(11)17/h3-6H,7H2,1-2H3,(H,18,20)(H,19,21). The number of carbonyl (C=O) groups is 1. The Hall–Kier alpha value is -1.78. The number of aromatic nitrogens is 1. The van der Waals surface area contributed by atoms with Crippen molar-refractivity contribution in [1.82, 2.24) is 10.3 Å². The number of hydrogen-bond donors (Lipinski definition) is 2.